The van der Waals surface area contributed by atoms with Crippen LogP contribution in [0.15, 0.2) is 0 Å². The van der Waals surface area contributed by atoms with Crippen molar-refractivity contribution in [1.82, 2.24) is 25.9 Å². The second-order valence-electron chi connectivity index (χ2n) is 3.78. The summed E-state index contributed by atoms with van der Waals surface area (Å²) in [6.07, 6.45) is 2.45. The van der Waals surface area contributed by atoms with E-state index in [2.05, 4.69) is 25.9 Å². The van der Waals surface area contributed by atoms with E-state index in [4.69, 9.17) is 5.11 Å². The Morgan fingerprint density at radius 3 is 2.56 bits per heavy atom. The average molecular weight is 225 g/mol. The number of tetrazole rings is 1. The van der Waals surface area contributed by atoms with Crippen LogP contribution in [0.3, 0.4) is 0 Å². The zero-order valence-corrected chi connectivity index (χ0v) is 8.43. The van der Waals surface area contributed by atoms with E-state index in [1.165, 1.54) is 0 Å². The number of carboxylic acids is 1. The zero-order valence-electron chi connectivity index (χ0n) is 8.43. The number of nitrogens with one attached hydrogen (secondary N) is 2. The molecule has 0 bridgehead atoms. The smallest absolute Gasteiger partial charge is 0.329 e. The van der Waals surface area contributed by atoms with Crippen LogP contribution in [0.4, 0.5) is 0 Å². The van der Waals surface area contributed by atoms with Crippen molar-refractivity contribution >= 4 is 11.9 Å². The Bertz CT molecular complexity index is 396. The van der Waals surface area contributed by atoms with Gasteiger partial charge < -0.3 is 10.4 Å². The van der Waals surface area contributed by atoms with E-state index in [0.29, 0.717) is 12.8 Å². The molecule has 8 heteroatoms. The molecular formula is C8H11N5O3. The molecule has 1 aliphatic carbocycles. The van der Waals surface area contributed by atoms with Crippen LogP contribution < -0.4 is 5.32 Å². The third-order valence-corrected chi connectivity index (χ3v) is 2.77. The second-order valence-corrected chi connectivity index (χ2v) is 3.78. The molecule has 0 radical (unpaired) electrons. The summed E-state index contributed by atoms with van der Waals surface area (Å²) in [6.45, 7) is 0. The standard InChI is InChI=1S/C8H11N5O3/c14-6(5-10-12-13-11-5)9-8(7(15)16)3-1-2-4-8/h1-4H2,(H,9,14)(H,15,16)(H,10,11,12,13). The minimum absolute atomic E-state index is 0.146. The monoisotopic (exact) mass is 225 g/mol. The van der Waals surface area contributed by atoms with Crippen LogP contribution in [0.5, 0.6) is 0 Å². The molecule has 2 rings (SSSR count). The number of carboxylic acid groups (broad SMARTS) is 1. The SMILES string of the molecule is O=C(NC1(C(=O)O)CCCC1)c1nn[nH]n1. The van der Waals surface area contributed by atoms with E-state index >= 15 is 0 Å². The molecule has 86 valence electrons. The van der Waals surface area contributed by atoms with Gasteiger partial charge >= 0.3 is 5.97 Å². The highest BCUT2D eigenvalue weighted by Gasteiger charge is 2.43. The van der Waals surface area contributed by atoms with Crippen LogP contribution in [0.2, 0.25) is 0 Å². The molecule has 1 heterocycles. The summed E-state index contributed by atoms with van der Waals surface area (Å²) in [5.41, 5.74) is -1.17. The third-order valence-electron chi connectivity index (χ3n) is 2.77. The topological polar surface area (TPSA) is 121 Å². The molecule has 1 saturated carbocycles. The number of carbonyl (C=O) groups is 2. The van der Waals surface area contributed by atoms with Crippen LogP contribution in [0.1, 0.15) is 36.3 Å². The van der Waals surface area contributed by atoms with Gasteiger partial charge in [-0.05, 0) is 18.1 Å². The number of hydrogen-bond acceptors (Lipinski definition) is 5. The first-order valence-electron chi connectivity index (χ1n) is 4.93. The first kappa shape index (κ1) is 10.5. The van der Waals surface area contributed by atoms with Gasteiger partial charge in [-0.15, -0.1) is 10.2 Å². The third kappa shape index (κ3) is 1.73. The average Bonchev–Trinajstić information content (AvgIpc) is 2.88. The molecule has 0 aliphatic heterocycles. The van der Waals surface area contributed by atoms with Gasteiger partial charge in [-0.1, -0.05) is 12.8 Å². The van der Waals surface area contributed by atoms with Crippen molar-refractivity contribution in [2.24, 2.45) is 0 Å². The van der Waals surface area contributed by atoms with Gasteiger partial charge in [0, 0.05) is 0 Å². The Hall–Kier alpha value is -1.99. The maximum atomic E-state index is 11.6. The van der Waals surface area contributed by atoms with E-state index in [0.717, 1.165) is 12.8 Å². The fourth-order valence-corrected chi connectivity index (χ4v) is 1.90. The fourth-order valence-electron chi connectivity index (χ4n) is 1.90. The second kappa shape index (κ2) is 3.87. The van der Waals surface area contributed by atoms with Gasteiger partial charge in [0.15, 0.2) is 0 Å². The largest absolute Gasteiger partial charge is 0.480 e. The molecule has 16 heavy (non-hydrogen) atoms. The maximum Gasteiger partial charge on any atom is 0.329 e. The van der Waals surface area contributed by atoms with Crippen molar-refractivity contribution in [3.8, 4) is 0 Å². The minimum Gasteiger partial charge on any atom is -0.480 e. The van der Waals surface area contributed by atoms with Crippen molar-refractivity contribution in [3.05, 3.63) is 5.82 Å². The molecule has 0 atom stereocenters. The fraction of sp³-hybridized carbons (Fsp3) is 0.625. The molecule has 0 aromatic carbocycles. The van der Waals surface area contributed by atoms with Crippen LogP contribution in [0, 0.1) is 0 Å². The Kier molecular flexibility index (Phi) is 2.55. The first-order valence-corrected chi connectivity index (χ1v) is 4.93. The minimum atomic E-state index is -1.17. The number of amides is 1. The van der Waals surface area contributed by atoms with Gasteiger partial charge in [0.1, 0.15) is 5.54 Å². The highest BCUT2D eigenvalue weighted by Crippen LogP contribution is 2.29. The summed E-state index contributed by atoms with van der Waals surface area (Å²) in [6, 6.07) is 0. The molecule has 1 aliphatic rings. The molecule has 1 aromatic heterocycles. The molecule has 3 N–H and O–H groups in total. The lowest BCUT2D eigenvalue weighted by atomic mass is 9.98. The Balaban J connectivity index is 2.13. The predicted octanol–water partition coefficient (Wildman–Crippen LogP) is -0.673. The van der Waals surface area contributed by atoms with Gasteiger partial charge in [-0.2, -0.15) is 5.21 Å². The molecule has 1 amide bonds. The molecule has 0 spiro atoms. The Morgan fingerprint density at radius 2 is 2.06 bits per heavy atom. The van der Waals surface area contributed by atoms with Crippen LogP contribution in [0.25, 0.3) is 0 Å². The van der Waals surface area contributed by atoms with Gasteiger partial charge in [-0.25, -0.2) is 4.79 Å². The summed E-state index contributed by atoms with van der Waals surface area (Å²) in [7, 11) is 0. The maximum absolute atomic E-state index is 11.6. The highest BCUT2D eigenvalue weighted by molar-refractivity contribution is 5.95. The van der Waals surface area contributed by atoms with Crippen molar-refractivity contribution in [2.75, 3.05) is 0 Å². The molecule has 8 nitrogen and oxygen atoms in total. The molecule has 0 unspecified atom stereocenters. The number of aromatic amines is 1. The highest BCUT2D eigenvalue weighted by atomic mass is 16.4. The number of H-pyrrole nitrogens is 1. The Morgan fingerprint density at radius 1 is 1.38 bits per heavy atom. The van der Waals surface area contributed by atoms with E-state index < -0.39 is 17.4 Å². The first-order chi connectivity index (χ1) is 7.64. The lowest BCUT2D eigenvalue weighted by Gasteiger charge is -2.24. The predicted molar refractivity (Wildman–Crippen MR) is 50.5 cm³/mol. The van der Waals surface area contributed by atoms with Crippen LogP contribution in [-0.4, -0.2) is 43.1 Å². The van der Waals surface area contributed by atoms with Crippen LogP contribution in [-0.2, 0) is 4.79 Å². The number of rotatable bonds is 3. The number of aliphatic carboxylic acids is 1. The van der Waals surface area contributed by atoms with Gasteiger partial charge in [0.2, 0.25) is 0 Å². The molecule has 1 aromatic rings. The number of carbonyl (C=O) groups excluding carboxylic acids is 1. The zero-order chi connectivity index (χ0) is 11.6. The summed E-state index contributed by atoms with van der Waals surface area (Å²) < 4.78 is 0. The summed E-state index contributed by atoms with van der Waals surface area (Å²) in [5.74, 6) is -1.77. The number of hydrogen-bond donors (Lipinski definition) is 3. The van der Waals surface area contributed by atoms with E-state index in [9.17, 15) is 9.59 Å². The lowest BCUT2D eigenvalue weighted by Crippen LogP contribution is -2.52. The molecular weight excluding hydrogens is 214 g/mol. The van der Waals surface area contributed by atoms with E-state index in [-0.39, 0.29) is 5.82 Å². The van der Waals surface area contributed by atoms with Crippen molar-refractivity contribution in [2.45, 2.75) is 31.2 Å². The quantitative estimate of drug-likeness (QED) is 0.627. The van der Waals surface area contributed by atoms with E-state index in [1.807, 2.05) is 0 Å². The summed E-state index contributed by atoms with van der Waals surface area (Å²) >= 11 is 0. The molecule has 1 fully saturated rings. The van der Waals surface area contributed by atoms with Gasteiger partial charge in [-0.3, -0.25) is 4.79 Å². The van der Waals surface area contributed by atoms with Gasteiger partial charge in [0.25, 0.3) is 11.7 Å². The van der Waals surface area contributed by atoms with Crippen molar-refractivity contribution in [1.29, 1.82) is 0 Å². The van der Waals surface area contributed by atoms with Gasteiger partial charge in [0.05, 0.1) is 0 Å². The normalized spacial score (nSPS) is 18.2. The van der Waals surface area contributed by atoms with Crippen LogP contribution >= 0.6 is 0 Å². The molecule has 0 saturated heterocycles. The number of aromatic nitrogens is 4. The van der Waals surface area contributed by atoms with E-state index in [1.54, 1.807) is 0 Å². The van der Waals surface area contributed by atoms with Crippen molar-refractivity contribution in [3.63, 3.8) is 0 Å². The number of nitrogens with zero attached hydrogens (tertiary/aromatic N) is 3. The Labute approximate surface area is 90.4 Å². The lowest BCUT2D eigenvalue weighted by molar-refractivity contribution is -0.144. The summed E-state index contributed by atoms with van der Waals surface area (Å²) in [4.78, 5) is 22.8. The van der Waals surface area contributed by atoms with Crippen molar-refractivity contribution < 1.29 is 14.7 Å². The summed E-state index contributed by atoms with van der Waals surface area (Å²) in [5, 5.41) is 24.0.